The van der Waals surface area contributed by atoms with Crippen LogP contribution >= 0.6 is 0 Å². The Kier molecular flexibility index (Phi) is 5.40. The van der Waals surface area contributed by atoms with Crippen molar-refractivity contribution >= 4 is 11.5 Å². The molecule has 20 heavy (non-hydrogen) atoms. The van der Waals surface area contributed by atoms with Crippen LogP contribution in [-0.2, 0) is 4.79 Å². The van der Waals surface area contributed by atoms with Crippen LogP contribution in [0, 0.1) is 5.92 Å². The van der Waals surface area contributed by atoms with E-state index in [9.17, 15) is 4.79 Å². The maximum absolute atomic E-state index is 11.2. The molecule has 108 valence electrons. The fourth-order valence-corrected chi connectivity index (χ4v) is 2.76. The lowest BCUT2D eigenvalue weighted by Gasteiger charge is -2.21. The first kappa shape index (κ1) is 14.8. The van der Waals surface area contributed by atoms with Gasteiger partial charge in [-0.3, -0.25) is 4.79 Å². The highest BCUT2D eigenvalue weighted by Crippen LogP contribution is 2.32. The van der Waals surface area contributed by atoms with Crippen LogP contribution in [0.3, 0.4) is 0 Å². The highest BCUT2D eigenvalue weighted by molar-refractivity contribution is 5.72. The van der Waals surface area contributed by atoms with Gasteiger partial charge in [0.1, 0.15) is 5.75 Å². The number of carbonyl (C=O) groups is 1. The van der Waals surface area contributed by atoms with E-state index < -0.39 is 0 Å². The van der Waals surface area contributed by atoms with Gasteiger partial charge in [0.15, 0.2) is 0 Å². The lowest BCUT2D eigenvalue weighted by atomic mass is 9.84. The summed E-state index contributed by atoms with van der Waals surface area (Å²) in [5.41, 5.74) is 2.70. The molecule has 0 radical (unpaired) electrons. The highest BCUT2D eigenvalue weighted by Gasteiger charge is 2.14. The summed E-state index contributed by atoms with van der Waals surface area (Å²) in [5.74, 6) is 1.33. The molecule has 0 aromatic heterocycles. The van der Waals surface area contributed by atoms with Crippen LogP contribution in [0.1, 0.15) is 57.9 Å². The Morgan fingerprint density at radius 3 is 2.55 bits per heavy atom. The van der Waals surface area contributed by atoms with Crippen molar-refractivity contribution in [3.05, 3.63) is 35.9 Å². The molecule has 0 saturated carbocycles. The molecule has 0 bridgehead atoms. The largest absolute Gasteiger partial charge is 0.427 e. The van der Waals surface area contributed by atoms with Gasteiger partial charge in [-0.1, -0.05) is 44.9 Å². The number of benzene rings is 1. The fraction of sp³-hybridized carbons (Fsp3) is 0.500. The summed E-state index contributed by atoms with van der Waals surface area (Å²) in [4.78, 5) is 11.2. The van der Waals surface area contributed by atoms with Crippen molar-refractivity contribution in [2.24, 2.45) is 5.92 Å². The molecule has 0 spiro atoms. The first-order chi connectivity index (χ1) is 9.72. The van der Waals surface area contributed by atoms with Gasteiger partial charge in [-0.25, -0.2) is 0 Å². The minimum Gasteiger partial charge on any atom is -0.427 e. The Morgan fingerprint density at radius 2 is 2.00 bits per heavy atom. The van der Waals surface area contributed by atoms with E-state index in [1.807, 2.05) is 12.1 Å². The molecule has 1 unspecified atom stereocenters. The average Bonchev–Trinajstić information content (AvgIpc) is 2.49. The predicted octanol–water partition coefficient (Wildman–Crippen LogP) is 4.99. The van der Waals surface area contributed by atoms with E-state index >= 15 is 0 Å². The third-order valence-corrected chi connectivity index (χ3v) is 3.96. The maximum atomic E-state index is 11.2. The zero-order valence-corrected chi connectivity index (χ0v) is 12.5. The van der Waals surface area contributed by atoms with E-state index in [1.165, 1.54) is 43.2 Å². The molecule has 2 heteroatoms. The zero-order chi connectivity index (χ0) is 14.4. The molecule has 0 saturated heterocycles. The van der Waals surface area contributed by atoms with E-state index in [1.54, 1.807) is 6.92 Å². The van der Waals surface area contributed by atoms with Gasteiger partial charge in [-0.15, -0.1) is 0 Å². The first-order valence-electron chi connectivity index (χ1n) is 7.73. The summed E-state index contributed by atoms with van der Waals surface area (Å²) in [5, 5.41) is 0. The quantitative estimate of drug-likeness (QED) is 0.558. The fourth-order valence-electron chi connectivity index (χ4n) is 2.76. The molecule has 1 aliphatic rings. The van der Waals surface area contributed by atoms with Gasteiger partial charge in [0, 0.05) is 6.42 Å². The summed E-state index contributed by atoms with van der Waals surface area (Å²) in [6.07, 6.45) is 9.09. The average molecular weight is 272 g/mol. The van der Waals surface area contributed by atoms with Crippen LogP contribution < -0.4 is 4.74 Å². The second kappa shape index (κ2) is 7.28. The van der Waals surface area contributed by atoms with E-state index in [-0.39, 0.29) is 5.97 Å². The van der Waals surface area contributed by atoms with Crippen LogP contribution in [-0.4, -0.2) is 5.97 Å². The van der Waals surface area contributed by atoms with Crippen LogP contribution in [0.4, 0.5) is 0 Å². The molecular weight excluding hydrogens is 248 g/mol. The van der Waals surface area contributed by atoms with Crippen LogP contribution in [0.25, 0.3) is 5.57 Å². The topological polar surface area (TPSA) is 26.3 Å². The molecule has 2 rings (SSSR count). The van der Waals surface area contributed by atoms with Gasteiger partial charge in [0.2, 0.25) is 0 Å². The van der Waals surface area contributed by atoms with E-state index in [0.29, 0.717) is 12.2 Å². The summed E-state index contributed by atoms with van der Waals surface area (Å²) in [6.45, 7) is 4.06. The predicted molar refractivity (Wildman–Crippen MR) is 82.6 cm³/mol. The van der Waals surface area contributed by atoms with Gasteiger partial charge >= 0.3 is 5.97 Å². The Bertz CT molecular complexity index is 471. The van der Waals surface area contributed by atoms with Crippen molar-refractivity contribution in [2.75, 3.05) is 0 Å². The van der Waals surface area contributed by atoms with Gasteiger partial charge in [0.05, 0.1) is 0 Å². The molecular formula is C18H24O2. The SMILES string of the molecule is CCCC1CC=C(c2ccc(OC(=O)CC)cc2)CC1. The number of allylic oxidation sites excluding steroid dienone is 2. The lowest BCUT2D eigenvalue weighted by molar-refractivity contribution is -0.134. The van der Waals surface area contributed by atoms with Crippen LogP contribution in [0.2, 0.25) is 0 Å². The van der Waals surface area contributed by atoms with E-state index in [2.05, 4.69) is 25.1 Å². The van der Waals surface area contributed by atoms with Gasteiger partial charge in [-0.2, -0.15) is 0 Å². The number of carbonyl (C=O) groups excluding carboxylic acids is 1. The molecule has 0 amide bonds. The van der Waals surface area contributed by atoms with Crippen LogP contribution in [0.5, 0.6) is 5.75 Å². The molecule has 2 nitrogen and oxygen atoms in total. The third kappa shape index (κ3) is 3.96. The second-order valence-corrected chi connectivity index (χ2v) is 5.51. The van der Waals surface area contributed by atoms with Gasteiger partial charge in [0.25, 0.3) is 0 Å². The van der Waals surface area contributed by atoms with E-state index in [4.69, 9.17) is 4.74 Å². The summed E-state index contributed by atoms with van der Waals surface area (Å²) >= 11 is 0. The lowest BCUT2D eigenvalue weighted by Crippen LogP contribution is -2.06. The summed E-state index contributed by atoms with van der Waals surface area (Å²) < 4.78 is 5.20. The van der Waals surface area contributed by atoms with Gasteiger partial charge < -0.3 is 4.74 Å². The number of hydrogen-bond acceptors (Lipinski definition) is 2. The van der Waals surface area contributed by atoms with Crippen molar-refractivity contribution in [3.8, 4) is 5.75 Å². The molecule has 0 N–H and O–H groups in total. The highest BCUT2D eigenvalue weighted by atomic mass is 16.5. The van der Waals surface area contributed by atoms with Crippen molar-refractivity contribution in [3.63, 3.8) is 0 Å². The first-order valence-corrected chi connectivity index (χ1v) is 7.73. The monoisotopic (exact) mass is 272 g/mol. The van der Waals surface area contributed by atoms with Crippen molar-refractivity contribution in [1.82, 2.24) is 0 Å². The van der Waals surface area contributed by atoms with Crippen molar-refractivity contribution in [2.45, 2.75) is 52.4 Å². The zero-order valence-electron chi connectivity index (χ0n) is 12.5. The molecule has 1 aromatic carbocycles. The molecule has 0 heterocycles. The van der Waals surface area contributed by atoms with Crippen molar-refractivity contribution < 1.29 is 9.53 Å². The Labute approximate surface area is 121 Å². The third-order valence-electron chi connectivity index (χ3n) is 3.96. The Morgan fingerprint density at radius 1 is 1.25 bits per heavy atom. The molecule has 0 aliphatic heterocycles. The molecule has 1 aliphatic carbocycles. The van der Waals surface area contributed by atoms with Gasteiger partial charge in [-0.05, 0) is 48.4 Å². The minimum absolute atomic E-state index is 0.183. The van der Waals surface area contributed by atoms with E-state index in [0.717, 1.165) is 5.92 Å². The number of rotatable bonds is 5. The Balaban J connectivity index is 1.98. The maximum Gasteiger partial charge on any atom is 0.310 e. The number of esters is 1. The smallest absolute Gasteiger partial charge is 0.310 e. The summed E-state index contributed by atoms with van der Waals surface area (Å²) in [7, 11) is 0. The normalized spacial score (nSPS) is 18.5. The number of hydrogen-bond donors (Lipinski definition) is 0. The molecule has 0 fully saturated rings. The molecule has 1 aromatic rings. The Hall–Kier alpha value is -1.57. The standard InChI is InChI=1S/C18H24O2/c1-3-5-14-6-8-15(9-7-14)16-10-12-17(13-11-16)20-18(19)4-2/h8,10-14H,3-7,9H2,1-2H3. The summed E-state index contributed by atoms with van der Waals surface area (Å²) in [6, 6.07) is 7.90. The van der Waals surface area contributed by atoms with Crippen molar-refractivity contribution in [1.29, 1.82) is 0 Å². The number of ether oxygens (including phenoxy) is 1. The van der Waals surface area contributed by atoms with Crippen LogP contribution in [0.15, 0.2) is 30.3 Å². The molecule has 1 atom stereocenters. The minimum atomic E-state index is -0.183. The second-order valence-electron chi connectivity index (χ2n) is 5.51.